The van der Waals surface area contributed by atoms with E-state index in [1.54, 1.807) is 19.1 Å². The van der Waals surface area contributed by atoms with Crippen molar-refractivity contribution in [2.75, 3.05) is 19.8 Å². The number of sulfonamides is 1. The van der Waals surface area contributed by atoms with Crippen LogP contribution in [0.4, 0.5) is 0 Å². The summed E-state index contributed by atoms with van der Waals surface area (Å²) >= 11 is 0. The summed E-state index contributed by atoms with van der Waals surface area (Å²) in [7, 11) is -3.64. The summed E-state index contributed by atoms with van der Waals surface area (Å²) in [6, 6.07) is 6.38. The van der Waals surface area contributed by atoms with Crippen molar-refractivity contribution in [2.24, 2.45) is 0 Å². The average Bonchev–Trinajstić information content (AvgIpc) is 3.01. The maximum absolute atomic E-state index is 13.0. The first kappa shape index (κ1) is 16.1. The summed E-state index contributed by atoms with van der Waals surface area (Å²) < 4.78 is 37.7. The van der Waals surface area contributed by atoms with E-state index in [1.165, 1.54) is 4.31 Å². The molecule has 0 unspecified atom stereocenters. The molecule has 124 valence electrons. The fourth-order valence-corrected chi connectivity index (χ4v) is 4.12. The molecule has 1 aromatic heterocycles. The maximum Gasteiger partial charge on any atom is 0.243 e. The Morgan fingerprint density at radius 1 is 1.30 bits per heavy atom. The Kier molecular flexibility index (Phi) is 4.47. The minimum atomic E-state index is -3.64. The fourth-order valence-electron chi connectivity index (χ4n) is 2.56. The maximum atomic E-state index is 13.0. The molecule has 8 heteroatoms. The Balaban J connectivity index is 1.95. The Hall–Kier alpha value is -1.77. The van der Waals surface area contributed by atoms with Crippen LogP contribution in [0, 0.1) is 6.92 Å². The molecule has 0 saturated carbocycles. The smallest absolute Gasteiger partial charge is 0.243 e. The molecule has 7 nitrogen and oxygen atoms in total. The van der Waals surface area contributed by atoms with Crippen LogP contribution in [0.25, 0.3) is 0 Å². The zero-order valence-electron chi connectivity index (χ0n) is 13.1. The van der Waals surface area contributed by atoms with E-state index in [0.29, 0.717) is 18.3 Å². The molecular weight excluding hydrogens is 318 g/mol. The van der Waals surface area contributed by atoms with Crippen LogP contribution in [-0.2, 0) is 21.2 Å². The van der Waals surface area contributed by atoms with Crippen LogP contribution in [-0.4, -0.2) is 42.6 Å². The largest absolute Gasteiger partial charge is 0.378 e. The van der Waals surface area contributed by atoms with Gasteiger partial charge in [-0.05, 0) is 24.1 Å². The summed E-state index contributed by atoms with van der Waals surface area (Å²) in [6.07, 6.45) is 0.864. The van der Waals surface area contributed by atoms with Gasteiger partial charge in [-0.25, -0.2) is 8.42 Å². The molecule has 23 heavy (non-hydrogen) atoms. The van der Waals surface area contributed by atoms with Crippen LogP contribution in [0.3, 0.4) is 0 Å². The molecule has 1 aliphatic heterocycles. The summed E-state index contributed by atoms with van der Waals surface area (Å²) in [5, 5.41) is 3.85. The van der Waals surface area contributed by atoms with E-state index in [-0.39, 0.29) is 18.0 Å². The molecule has 0 amide bonds. The normalized spacial score (nSPS) is 19.8. The second-order valence-corrected chi connectivity index (χ2v) is 7.27. The van der Waals surface area contributed by atoms with Crippen molar-refractivity contribution >= 4 is 10.0 Å². The SMILES string of the molecule is CCc1ccc(S(=O)(=O)N2CCOC[C@H]2c2noc(C)n2)cc1. The molecule has 1 aromatic carbocycles. The first-order valence-electron chi connectivity index (χ1n) is 7.51. The van der Waals surface area contributed by atoms with Crippen molar-refractivity contribution < 1.29 is 17.7 Å². The molecule has 0 bridgehead atoms. The van der Waals surface area contributed by atoms with Gasteiger partial charge in [0.25, 0.3) is 0 Å². The van der Waals surface area contributed by atoms with Crippen LogP contribution in [0.1, 0.15) is 30.2 Å². The third-order valence-electron chi connectivity index (χ3n) is 3.86. The predicted octanol–water partition coefficient (Wildman–Crippen LogP) is 1.70. The van der Waals surface area contributed by atoms with Crippen molar-refractivity contribution in [3.8, 4) is 0 Å². The highest BCUT2D eigenvalue weighted by Gasteiger charge is 2.37. The topological polar surface area (TPSA) is 85.5 Å². The molecule has 0 spiro atoms. The molecule has 3 rings (SSSR count). The Morgan fingerprint density at radius 2 is 2.04 bits per heavy atom. The van der Waals surface area contributed by atoms with Crippen LogP contribution < -0.4 is 0 Å². The second kappa shape index (κ2) is 6.38. The zero-order valence-corrected chi connectivity index (χ0v) is 13.9. The van der Waals surface area contributed by atoms with Gasteiger partial charge in [0.15, 0.2) is 5.82 Å². The number of hydrogen-bond donors (Lipinski definition) is 0. The minimum Gasteiger partial charge on any atom is -0.378 e. The fraction of sp³-hybridized carbons (Fsp3) is 0.467. The molecule has 2 heterocycles. The van der Waals surface area contributed by atoms with Gasteiger partial charge in [0, 0.05) is 13.5 Å². The average molecular weight is 337 g/mol. The molecule has 1 atom stereocenters. The summed E-state index contributed by atoms with van der Waals surface area (Å²) in [4.78, 5) is 4.42. The monoisotopic (exact) mass is 337 g/mol. The van der Waals surface area contributed by atoms with Gasteiger partial charge in [0.2, 0.25) is 15.9 Å². The van der Waals surface area contributed by atoms with Gasteiger partial charge < -0.3 is 9.26 Å². The molecular formula is C15H19N3O4S. The number of aryl methyl sites for hydroxylation is 2. The molecule has 0 N–H and O–H groups in total. The minimum absolute atomic E-state index is 0.214. The van der Waals surface area contributed by atoms with E-state index < -0.39 is 16.1 Å². The van der Waals surface area contributed by atoms with E-state index in [4.69, 9.17) is 9.26 Å². The van der Waals surface area contributed by atoms with E-state index in [9.17, 15) is 8.42 Å². The zero-order chi connectivity index (χ0) is 16.4. The standard InChI is InChI=1S/C15H19N3O4S/c1-3-12-4-6-13(7-5-12)23(19,20)18-8-9-21-10-14(18)15-16-11(2)22-17-15/h4-7,14H,3,8-10H2,1-2H3/t14-/m0/s1. The predicted molar refractivity (Wildman–Crippen MR) is 82.3 cm³/mol. The summed E-state index contributed by atoms with van der Waals surface area (Å²) in [5.74, 6) is 0.728. The molecule has 0 radical (unpaired) electrons. The lowest BCUT2D eigenvalue weighted by Crippen LogP contribution is -2.43. The van der Waals surface area contributed by atoms with Crippen LogP contribution in [0.2, 0.25) is 0 Å². The van der Waals surface area contributed by atoms with Crippen LogP contribution in [0.5, 0.6) is 0 Å². The highest BCUT2D eigenvalue weighted by molar-refractivity contribution is 7.89. The number of morpholine rings is 1. The first-order valence-corrected chi connectivity index (χ1v) is 8.95. The van der Waals surface area contributed by atoms with Crippen LogP contribution in [0.15, 0.2) is 33.7 Å². The Morgan fingerprint density at radius 3 is 2.65 bits per heavy atom. The van der Waals surface area contributed by atoms with Gasteiger partial charge in [-0.3, -0.25) is 0 Å². The van der Waals surface area contributed by atoms with Crippen molar-refractivity contribution in [3.63, 3.8) is 0 Å². The third-order valence-corrected chi connectivity index (χ3v) is 5.78. The number of hydrogen-bond acceptors (Lipinski definition) is 6. The van der Waals surface area contributed by atoms with E-state index in [0.717, 1.165) is 12.0 Å². The van der Waals surface area contributed by atoms with Crippen molar-refractivity contribution in [1.82, 2.24) is 14.4 Å². The number of aromatic nitrogens is 2. The Bertz CT molecular complexity index is 770. The lowest BCUT2D eigenvalue weighted by Gasteiger charge is -2.32. The van der Waals surface area contributed by atoms with Gasteiger partial charge in [-0.1, -0.05) is 24.2 Å². The molecule has 1 aliphatic rings. The second-order valence-electron chi connectivity index (χ2n) is 5.38. The quantitative estimate of drug-likeness (QED) is 0.844. The van der Waals surface area contributed by atoms with E-state index >= 15 is 0 Å². The van der Waals surface area contributed by atoms with E-state index in [1.807, 2.05) is 19.1 Å². The number of rotatable bonds is 4. The van der Waals surface area contributed by atoms with Gasteiger partial charge in [-0.2, -0.15) is 9.29 Å². The lowest BCUT2D eigenvalue weighted by molar-refractivity contribution is 0.0282. The Labute approximate surface area is 135 Å². The number of benzene rings is 1. The number of ether oxygens (including phenoxy) is 1. The third kappa shape index (κ3) is 3.15. The highest BCUT2D eigenvalue weighted by atomic mass is 32.2. The highest BCUT2D eigenvalue weighted by Crippen LogP contribution is 2.29. The molecule has 0 aliphatic carbocycles. The molecule has 1 saturated heterocycles. The van der Waals surface area contributed by atoms with Crippen molar-refractivity contribution in [3.05, 3.63) is 41.5 Å². The van der Waals surface area contributed by atoms with Crippen molar-refractivity contribution in [1.29, 1.82) is 0 Å². The molecule has 2 aromatic rings. The van der Waals surface area contributed by atoms with Gasteiger partial charge in [0.1, 0.15) is 6.04 Å². The lowest BCUT2D eigenvalue weighted by atomic mass is 10.2. The summed E-state index contributed by atoms with van der Waals surface area (Å²) in [5.41, 5.74) is 1.09. The van der Waals surface area contributed by atoms with Gasteiger partial charge in [-0.15, -0.1) is 0 Å². The van der Waals surface area contributed by atoms with Crippen LogP contribution >= 0.6 is 0 Å². The number of nitrogens with zero attached hydrogens (tertiary/aromatic N) is 3. The van der Waals surface area contributed by atoms with E-state index in [2.05, 4.69) is 10.1 Å². The molecule has 1 fully saturated rings. The van der Waals surface area contributed by atoms with Crippen molar-refractivity contribution in [2.45, 2.75) is 31.2 Å². The van der Waals surface area contributed by atoms with Gasteiger partial charge in [0.05, 0.1) is 18.1 Å². The summed E-state index contributed by atoms with van der Waals surface area (Å²) in [6.45, 7) is 4.52. The first-order chi connectivity index (χ1) is 11.0. The van der Waals surface area contributed by atoms with Gasteiger partial charge >= 0.3 is 0 Å².